The highest BCUT2D eigenvalue weighted by Crippen LogP contribution is 2.27. The lowest BCUT2D eigenvalue weighted by Crippen LogP contribution is -2.46. The molecule has 1 N–H and O–H groups in total. The number of halogens is 1. The first kappa shape index (κ1) is 17.3. The molecule has 0 bridgehead atoms. The summed E-state index contributed by atoms with van der Waals surface area (Å²) in [6.45, 7) is 6.11. The van der Waals surface area contributed by atoms with Crippen molar-refractivity contribution < 1.29 is 9.53 Å². The van der Waals surface area contributed by atoms with Crippen molar-refractivity contribution in [2.75, 3.05) is 6.54 Å². The van der Waals surface area contributed by atoms with E-state index in [4.69, 9.17) is 16.3 Å². The summed E-state index contributed by atoms with van der Waals surface area (Å²) in [6.07, 6.45) is 3.62. The Bertz CT molecular complexity index is 653. The van der Waals surface area contributed by atoms with Crippen LogP contribution in [-0.4, -0.2) is 27.8 Å². The van der Waals surface area contributed by atoms with Crippen LogP contribution in [0.5, 0.6) is 5.88 Å². The smallest absolute Gasteiger partial charge is 0.263 e. The van der Waals surface area contributed by atoms with Crippen molar-refractivity contribution in [3.63, 3.8) is 0 Å². The minimum atomic E-state index is -1.05. The maximum atomic E-state index is 12.2. The quantitative estimate of drug-likeness (QED) is 0.786. The number of nitrogens with one attached hydrogen (secondary N) is 1. The van der Waals surface area contributed by atoms with Crippen LogP contribution in [-0.2, 0) is 4.79 Å². The number of para-hydroxylation sites is 1. The summed E-state index contributed by atoms with van der Waals surface area (Å²) in [5, 5.41) is 7.55. The Morgan fingerprint density at radius 3 is 2.70 bits per heavy atom. The molecule has 0 saturated heterocycles. The van der Waals surface area contributed by atoms with Gasteiger partial charge in [-0.05, 0) is 32.4 Å². The maximum Gasteiger partial charge on any atom is 0.263 e. The van der Waals surface area contributed by atoms with E-state index < -0.39 is 5.60 Å². The minimum absolute atomic E-state index is 0.184. The van der Waals surface area contributed by atoms with Gasteiger partial charge in [-0.1, -0.05) is 43.1 Å². The fraction of sp³-hybridized carbons (Fsp3) is 0.412. The van der Waals surface area contributed by atoms with Crippen LogP contribution in [0.3, 0.4) is 0 Å². The third-order valence-electron chi connectivity index (χ3n) is 3.37. The van der Waals surface area contributed by atoms with Gasteiger partial charge >= 0.3 is 0 Å². The molecule has 0 saturated carbocycles. The number of carbonyl (C=O) groups excluding carboxylic acids is 1. The second-order valence-corrected chi connectivity index (χ2v) is 6.19. The van der Waals surface area contributed by atoms with E-state index in [-0.39, 0.29) is 11.8 Å². The Hall–Kier alpha value is -2.01. The normalized spacial score (nSPS) is 11.3. The van der Waals surface area contributed by atoms with Gasteiger partial charge in [-0.3, -0.25) is 4.79 Å². The van der Waals surface area contributed by atoms with Crippen LogP contribution in [0.1, 0.15) is 33.6 Å². The van der Waals surface area contributed by atoms with Crippen LogP contribution in [0.4, 0.5) is 0 Å². The van der Waals surface area contributed by atoms with E-state index in [1.165, 1.54) is 0 Å². The van der Waals surface area contributed by atoms with Crippen molar-refractivity contribution in [2.24, 2.45) is 0 Å². The molecule has 1 aromatic carbocycles. The van der Waals surface area contributed by atoms with Crippen molar-refractivity contribution in [2.45, 2.75) is 39.2 Å². The van der Waals surface area contributed by atoms with E-state index in [1.54, 1.807) is 24.7 Å². The van der Waals surface area contributed by atoms with E-state index in [0.717, 1.165) is 18.5 Å². The molecule has 6 heteroatoms. The average Bonchev–Trinajstić information content (AvgIpc) is 2.88. The first-order valence-electron chi connectivity index (χ1n) is 7.72. The summed E-state index contributed by atoms with van der Waals surface area (Å²) in [5.41, 5.74) is -0.178. The number of hydrogen-bond donors (Lipinski definition) is 1. The Morgan fingerprint density at radius 2 is 2.04 bits per heavy atom. The third-order valence-corrected chi connectivity index (χ3v) is 3.63. The average molecular weight is 336 g/mol. The molecule has 0 fully saturated rings. The molecule has 0 aliphatic carbocycles. The van der Waals surface area contributed by atoms with Crippen molar-refractivity contribution in [3.8, 4) is 11.6 Å². The zero-order valence-electron chi connectivity index (χ0n) is 13.7. The molecular weight excluding hydrogens is 314 g/mol. The van der Waals surface area contributed by atoms with Gasteiger partial charge in [0.25, 0.3) is 11.8 Å². The van der Waals surface area contributed by atoms with Gasteiger partial charge in [-0.15, -0.1) is 5.10 Å². The number of aromatic nitrogens is 2. The number of hydrogen-bond acceptors (Lipinski definition) is 3. The van der Waals surface area contributed by atoms with Crippen molar-refractivity contribution in [3.05, 3.63) is 41.6 Å². The lowest BCUT2D eigenvalue weighted by atomic mass is 10.1. The number of amides is 1. The highest BCUT2D eigenvalue weighted by Gasteiger charge is 2.31. The molecule has 0 aliphatic heterocycles. The van der Waals surface area contributed by atoms with Gasteiger partial charge in [0.05, 0.1) is 11.9 Å². The molecule has 0 spiro atoms. The maximum absolute atomic E-state index is 12.2. The molecule has 2 aromatic rings. The number of rotatable bonds is 7. The molecule has 5 nitrogen and oxygen atoms in total. The van der Waals surface area contributed by atoms with Crippen LogP contribution < -0.4 is 10.1 Å². The highest BCUT2D eigenvalue weighted by molar-refractivity contribution is 6.31. The Balaban J connectivity index is 2.10. The van der Waals surface area contributed by atoms with Gasteiger partial charge in [0.15, 0.2) is 5.60 Å². The van der Waals surface area contributed by atoms with Crippen LogP contribution in [0, 0.1) is 0 Å². The van der Waals surface area contributed by atoms with Gasteiger partial charge in [0.2, 0.25) is 0 Å². The summed E-state index contributed by atoms with van der Waals surface area (Å²) in [4.78, 5) is 12.2. The molecule has 124 valence electrons. The molecule has 2 rings (SSSR count). The van der Waals surface area contributed by atoms with Crippen molar-refractivity contribution >= 4 is 17.5 Å². The fourth-order valence-electron chi connectivity index (χ4n) is 2.00. The largest absolute Gasteiger partial charge is 0.459 e. The van der Waals surface area contributed by atoms with E-state index in [0.29, 0.717) is 11.6 Å². The van der Waals surface area contributed by atoms with Crippen LogP contribution >= 0.6 is 11.6 Å². The molecule has 0 aliphatic rings. The molecule has 0 radical (unpaired) electrons. The first-order chi connectivity index (χ1) is 10.9. The molecule has 1 aromatic heterocycles. The van der Waals surface area contributed by atoms with E-state index in [1.807, 2.05) is 30.3 Å². The molecular formula is C17H22ClN3O2. The second kappa shape index (κ2) is 7.51. The van der Waals surface area contributed by atoms with Crippen molar-refractivity contribution in [1.82, 2.24) is 15.1 Å². The molecule has 0 atom stereocenters. The highest BCUT2D eigenvalue weighted by atomic mass is 35.5. The number of unbranched alkanes of at least 4 members (excludes halogenated alkanes) is 1. The lowest BCUT2D eigenvalue weighted by Gasteiger charge is -2.24. The molecule has 23 heavy (non-hydrogen) atoms. The SMILES string of the molecule is CCCCNC(=O)C(C)(C)Oc1nn(-c2ccccc2)cc1Cl. The number of carbonyl (C=O) groups is 1. The summed E-state index contributed by atoms with van der Waals surface area (Å²) in [7, 11) is 0. The van der Waals surface area contributed by atoms with Gasteiger partial charge < -0.3 is 10.1 Å². The van der Waals surface area contributed by atoms with Crippen LogP contribution in [0.15, 0.2) is 36.5 Å². The molecule has 0 unspecified atom stereocenters. The topological polar surface area (TPSA) is 56.1 Å². The van der Waals surface area contributed by atoms with Gasteiger partial charge in [-0.25, -0.2) is 4.68 Å². The monoisotopic (exact) mass is 335 g/mol. The molecule has 1 amide bonds. The zero-order chi connectivity index (χ0) is 16.9. The van der Waals surface area contributed by atoms with Crippen molar-refractivity contribution in [1.29, 1.82) is 0 Å². The van der Waals surface area contributed by atoms with Gasteiger partial charge in [0, 0.05) is 6.54 Å². The first-order valence-corrected chi connectivity index (χ1v) is 8.09. The van der Waals surface area contributed by atoms with Crippen LogP contribution in [0.25, 0.3) is 5.69 Å². The molecule has 1 heterocycles. The van der Waals surface area contributed by atoms with Gasteiger partial charge in [-0.2, -0.15) is 0 Å². The third kappa shape index (κ3) is 4.48. The zero-order valence-corrected chi connectivity index (χ0v) is 14.4. The summed E-state index contributed by atoms with van der Waals surface area (Å²) >= 11 is 6.19. The lowest BCUT2D eigenvalue weighted by molar-refractivity contribution is -0.134. The number of benzene rings is 1. The number of nitrogens with zero attached hydrogens (tertiary/aromatic N) is 2. The standard InChI is InChI=1S/C17H22ClN3O2/c1-4-5-11-19-16(22)17(2,3)23-15-14(18)12-21(20-15)13-9-7-6-8-10-13/h6-10,12H,4-5,11H2,1-3H3,(H,19,22). The fourth-order valence-corrected chi connectivity index (χ4v) is 2.17. The summed E-state index contributed by atoms with van der Waals surface area (Å²) in [5.74, 6) is 0.0578. The summed E-state index contributed by atoms with van der Waals surface area (Å²) in [6, 6.07) is 9.58. The second-order valence-electron chi connectivity index (χ2n) is 5.78. The summed E-state index contributed by atoms with van der Waals surface area (Å²) < 4.78 is 7.38. The Kier molecular flexibility index (Phi) is 5.66. The predicted octanol–water partition coefficient (Wildman–Crippen LogP) is 3.60. The Morgan fingerprint density at radius 1 is 1.35 bits per heavy atom. The van der Waals surface area contributed by atoms with E-state index in [2.05, 4.69) is 17.3 Å². The van der Waals surface area contributed by atoms with E-state index >= 15 is 0 Å². The van der Waals surface area contributed by atoms with Crippen LogP contribution in [0.2, 0.25) is 5.02 Å². The predicted molar refractivity (Wildman–Crippen MR) is 91.2 cm³/mol. The van der Waals surface area contributed by atoms with E-state index in [9.17, 15) is 4.79 Å². The minimum Gasteiger partial charge on any atom is -0.459 e. The van der Waals surface area contributed by atoms with Gasteiger partial charge in [0.1, 0.15) is 5.02 Å². The number of ether oxygens (including phenoxy) is 1. The Labute approximate surface area is 141 Å².